The van der Waals surface area contributed by atoms with Crippen molar-refractivity contribution in [1.29, 1.82) is 0 Å². The minimum Gasteiger partial charge on any atom is -0.448 e. The summed E-state index contributed by atoms with van der Waals surface area (Å²) in [5.74, 6) is 0.663. The number of benzene rings is 2. The molecule has 3 aliphatic rings. The Morgan fingerprint density at radius 2 is 1.82 bits per heavy atom. The smallest absolute Gasteiger partial charge is 0.356 e. The first-order valence-electron chi connectivity index (χ1n) is 11.1. The molecular formula is C25H26N2O4S2. The van der Waals surface area contributed by atoms with Gasteiger partial charge in [-0.2, -0.15) is 0 Å². The van der Waals surface area contributed by atoms with E-state index in [2.05, 4.69) is 0 Å². The number of carbonyl (C=O) groups is 2. The van der Waals surface area contributed by atoms with Crippen LogP contribution in [-0.4, -0.2) is 52.4 Å². The average Bonchev–Trinajstić information content (AvgIpc) is 3.39. The summed E-state index contributed by atoms with van der Waals surface area (Å²) in [7, 11) is 0. The molecule has 0 bridgehead atoms. The van der Waals surface area contributed by atoms with Crippen molar-refractivity contribution in [3.8, 4) is 0 Å². The number of β-lactam (4-membered cyclic amide) rings is 1. The van der Waals surface area contributed by atoms with Gasteiger partial charge in [-0.25, -0.2) is 4.79 Å². The van der Waals surface area contributed by atoms with E-state index in [-0.39, 0.29) is 17.4 Å². The van der Waals surface area contributed by atoms with Crippen molar-refractivity contribution < 1.29 is 19.1 Å². The first kappa shape index (κ1) is 22.5. The highest BCUT2D eigenvalue weighted by Gasteiger charge is 2.52. The lowest BCUT2D eigenvalue weighted by Crippen LogP contribution is -2.68. The van der Waals surface area contributed by atoms with Crippen LogP contribution in [0.3, 0.4) is 0 Å². The lowest BCUT2D eigenvalue weighted by molar-refractivity contribution is -0.152. The van der Waals surface area contributed by atoms with Crippen LogP contribution >= 0.6 is 23.5 Å². The molecule has 2 unspecified atom stereocenters. The number of fused-ring (bicyclic) bond motifs is 1. The highest BCUT2D eigenvalue weighted by molar-refractivity contribution is 8.06. The molecule has 2 aromatic carbocycles. The van der Waals surface area contributed by atoms with Gasteiger partial charge in [0.05, 0.1) is 6.10 Å². The Labute approximate surface area is 201 Å². The van der Waals surface area contributed by atoms with E-state index in [0.29, 0.717) is 11.4 Å². The summed E-state index contributed by atoms with van der Waals surface area (Å²) in [5, 5.41) is -0.223. The van der Waals surface area contributed by atoms with E-state index >= 15 is 0 Å². The maximum absolute atomic E-state index is 13.6. The normalized spacial score (nSPS) is 24.6. The fourth-order valence-electron chi connectivity index (χ4n) is 4.30. The molecule has 8 heteroatoms. The molecule has 3 atom stereocenters. The van der Waals surface area contributed by atoms with Crippen molar-refractivity contribution in [1.82, 2.24) is 4.90 Å². The standard InChI is InChI=1S/C25H26N2O4S2/c26-20-23(28)27-21(19(15-33-24(20)27)32-14-18-12-7-13-30-18)25(29)31-22(16-8-3-1-4-9-16)17-10-5-2-6-11-17/h1-6,8-11,18,20,22,24H,7,12-15,26H2/t18?,20?,24-/m1/s1. The largest absolute Gasteiger partial charge is 0.448 e. The molecule has 1 amide bonds. The second-order valence-electron chi connectivity index (χ2n) is 8.26. The highest BCUT2D eigenvalue weighted by Crippen LogP contribution is 2.44. The Bertz CT molecular complexity index is 1000. The second kappa shape index (κ2) is 9.93. The number of ether oxygens (including phenoxy) is 2. The summed E-state index contributed by atoms with van der Waals surface area (Å²) >= 11 is 3.19. The van der Waals surface area contributed by atoms with E-state index in [9.17, 15) is 9.59 Å². The van der Waals surface area contributed by atoms with Crippen molar-refractivity contribution in [2.45, 2.75) is 36.5 Å². The fourth-order valence-corrected chi connectivity index (χ4v) is 6.95. The molecule has 3 aliphatic heterocycles. The maximum atomic E-state index is 13.6. The third kappa shape index (κ3) is 4.57. The van der Waals surface area contributed by atoms with Gasteiger partial charge < -0.3 is 15.2 Å². The van der Waals surface area contributed by atoms with Crippen molar-refractivity contribution in [2.75, 3.05) is 18.1 Å². The van der Waals surface area contributed by atoms with Gasteiger partial charge in [0.1, 0.15) is 17.1 Å². The minimum atomic E-state index is -0.582. The van der Waals surface area contributed by atoms with Gasteiger partial charge in [-0.05, 0) is 24.0 Å². The number of carbonyl (C=O) groups excluding carboxylic acids is 2. The predicted octanol–water partition coefficient (Wildman–Crippen LogP) is 3.69. The van der Waals surface area contributed by atoms with Crippen molar-refractivity contribution in [3.63, 3.8) is 0 Å². The molecule has 172 valence electrons. The van der Waals surface area contributed by atoms with Gasteiger partial charge in [0, 0.05) is 23.0 Å². The molecule has 0 aromatic heterocycles. The third-order valence-corrected chi connectivity index (χ3v) is 8.77. The molecule has 0 aliphatic carbocycles. The topological polar surface area (TPSA) is 81.9 Å². The second-order valence-corrected chi connectivity index (χ2v) is 10.5. The molecule has 2 aromatic rings. The van der Waals surface area contributed by atoms with Crippen LogP contribution in [0.1, 0.15) is 30.1 Å². The zero-order valence-electron chi connectivity index (χ0n) is 18.1. The van der Waals surface area contributed by atoms with Crippen LogP contribution in [0, 0.1) is 0 Å². The maximum Gasteiger partial charge on any atom is 0.356 e. The van der Waals surface area contributed by atoms with E-state index in [4.69, 9.17) is 15.2 Å². The van der Waals surface area contributed by atoms with Crippen LogP contribution < -0.4 is 5.73 Å². The number of hydrogen-bond donors (Lipinski definition) is 1. The van der Waals surface area contributed by atoms with Crippen LogP contribution in [0.15, 0.2) is 71.3 Å². The molecule has 33 heavy (non-hydrogen) atoms. The zero-order chi connectivity index (χ0) is 22.8. The fraction of sp³-hybridized carbons (Fsp3) is 0.360. The SMILES string of the molecule is NC1C(=O)N2C(C(=O)OC(c3ccccc3)c3ccccc3)=C(SCC3CCCO3)CS[C@H]12. The predicted molar refractivity (Wildman–Crippen MR) is 130 cm³/mol. The van der Waals surface area contributed by atoms with E-state index < -0.39 is 18.1 Å². The van der Waals surface area contributed by atoms with Crippen LogP contribution in [0.4, 0.5) is 0 Å². The van der Waals surface area contributed by atoms with Gasteiger partial charge in [0.25, 0.3) is 0 Å². The number of amides is 1. The first-order chi connectivity index (χ1) is 16.1. The Balaban J connectivity index is 1.44. The molecule has 2 fully saturated rings. The first-order valence-corrected chi connectivity index (χ1v) is 13.2. The lowest BCUT2D eigenvalue weighted by Gasteiger charge is -2.48. The molecule has 0 saturated carbocycles. The Hall–Kier alpha value is -2.26. The van der Waals surface area contributed by atoms with Crippen molar-refractivity contribution >= 4 is 35.4 Å². The summed E-state index contributed by atoms with van der Waals surface area (Å²) in [5.41, 5.74) is 8.12. The Morgan fingerprint density at radius 3 is 2.42 bits per heavy atom. The van der Waals surface area contributed by atoms with E-state index in [1.807, 2.05) is 60.7 Å². The molecule has 3 heterocycles. The number of hydrogen-bond acceptors (Lipinski definition) is 7. The van der Waals surface area contributed by atoms with Gasteiger partial charge in [-0.1, -0.05) is 60.7 Å². The summed E-state index contributed by atoms with van der Waals surface area (Å²) < 4.78 is 11.9. The van der Waals surface area contributed by atoms with Crippen molar-refractivity contribution in [2.24, 2.45) is 5.73 Å². The van der Waals surface area contributed by atoms with Crippen LogP contribution in [-0.2, 0) is 19.1 Å². The van der Waals surface area contributed by atoms with Gasteiger partial charge in [0.2, 0.25) is 5.91 Å². The molecule has 2 N–H and O–H groups in total. The molecule has 0 radical (unpaired) electrons. The molecule has 6 nitrogen and oxygen atoms in total. The number of rotatable bonds is 7. The van der Waals surface area contributed by atoms with Crippen LogP contribution in [0.2, 0.25) is 0 Å². The lowest BCUT2D eigenvalue weighted by atomic mass is 10.0. The Morgan fingerprint density at radius 1 is 1.15 bits per heavy atom. The van der Waals surface area contributed by atoms with Crippen LogP contribution in [0.5, 0.6) is 0 Å². The summed E-state index contributed by atoms with van der Waals surface area (Å²) in [6.45, 7) is 0.783. The number of nitrogens with two attached hydrogens (primary N) is 1. The van der Waals surface area contributed by atoms with E-state index in [1.54, 1.807) is 23.5 Å². The molecule has 2 saturated heterocycles. The average molecular weight is 483 g/mol. The third-order valence-electron chi connectivity index (χ3n) is 6.06. The van der Waals surface area contributed by atoms with Gasteiger partial charge in [-0.15, -0.1) is 23.5 Å². The molecule has 5 rings (SSSR count). The van der Waals surface area contributed by atoms with E-state index in [1.165, 1.54) is 4.90 Å². The molecular weight excluding hydrogens is 456 g/mol. The summed E-state index contributed by atoms with van der Waals surface area (Å²) in [6.07, 6.45) is 1.69. The summed E-state index contributed by atoms with van der Waals surface area (Å²) in [6, 6.07) is 18.7. The van der Waals surface area contributed by atoms with Gasteiger partial charge in [0.15, 0.2) is 6.10 Å². The van der Waals surface area contributed by atoms with Crippen molar-refractivity contribution in [3.05, 3.63) is 82.4 Å². The van der Waals surface area contributed by atoms with Crippen LogP contribution in [0.25, 0.3) is 0 Å². The van der Waals surface area contributed by atoms with Gasteiger partial charge >= 0.3 is 5.97 Å². The van der Waals surface area contributed by atoms with Gasteiger partial charge in [-0.3, -0.25) is 9.69 Å². The minimum absolute atomic E-state index is 0.179. The number of nitrogens with zero attached hydrogens (tertiary/aromatic N) is 1. The monoisotopic (exact) mass is 482 g/mol. The summed E-state index contributed by atoms with van der Waals surface area (Å²) in [4.78, 5) is 28.7. The number of esters is 1. The quantitative estimate of drug-likeness (QED) is 0.476. The Kier molecular flexibility index (Phi) is 6.78. The van der Waals surface area contributed by atoms with E-state index in [0.717, 1.165) is 41.2 Å². The molecule has 0 spiro atoms. The highest BCUT2D eigenvalue weighted by atomic mass is 32.2. The number of thioether (sulfide) groups is 2. The zero-order valence-corrected chi connectivity index (χ0v) is 19.7.